The largest absolute Gasteiger partial charge is 0.494 e. The van der Waals surface area contributed by atoms with E-state index in [1.54, 1.807) is 33.7 Å². The van der Waals surface area contributed by atoms with Crippen molar-refractivity contribution in [2.24, 2.45) is 17.8 Å². The van der Waals surface area contributed by atoms with E-state index in [9.17, 15) is 19.5 Å². The molecule has 3 aliphatic heterocycles. The highest BCUT2D eigenvalue weighted by molar-refractivity contribution is 8.02. The quantitative estimate of drug-likeness (QED) is 0.290. The highest BCUT2D eigenvalue weighted by Crippen LogP contribution is 2.72. The third kappa shape index (κ3) is 5.73. The molecule has 45 heavy (non-hydrogen) atoms. The van der Waals surface area contributed by atoms with Gasteiger partial charge in [-0.15, -0.1) is 24.9 Å². The van der Waals surface area contributed by atoms with Crippen molar-refractivity contribution in [3.05, 3.63) is 49.6 Å². The highest BCUT2D eigenvalue weighted by Gasteiger charge is 2.78. The number of nitrogens with zero attached hydrogens (tertiary/aromatic N) is 3. The van der Waals surface area contributed by atoms with Gasteiger partial charge in [-0.3, -0.25) is 14.4 Å². The first-order chi connectivity index (χ1) is 21.6. The molecule has 2 bridgehead atoms. The van der Waals surface area contributed by atoms with Crippen molar-refractivity contribution >= 4 is 35.2 Å². The summed E-state index contributed by atoms with van der Waals surface area (Å²) in [5, 5.41) is 10.7. The van der Waals surface area contributed by atoms with Crippen LogP contribution in [0.2, 0.25) is 0 Å². The van der Waals surface area contributed by atoms with Gasteiger partial charge >= 0.3 is 0 Å². The van der Waals surface area contributed by atoms with Gasteiger partial charge in [-0.25, -0.2) is 0 Å². The number of fused-ring (bicyclic) bond motifs is 1. The van der Waals surface area contributed by atoms with Gasteiger partial charge in [-0.1, -0.05) is 45.3 Å². The number of hydrogen-bond acceptors (Lipinski definition) is 6. The molecule has 3 heterocycles. The second-order valence-electron chi connectivity index (χ2n) is 13.7. The minimum absolute atomic E-state index is 0.0592. The summed E-state index contributed by atoms with van der Waals surface area (Å²) in [6.07, 6.45) is 10.1. The SMILES string of the molecule is C=CCN(C(=O)[C@H]1[C@H]2C(=O)N([C@@H](CO)C(C)C)C(C(=O)N(CC=C)C3CCCCC3)C23CC[C@]1(C)S3)c1ccc(OCC)cc1. The summed E-state index contributed by atoms with van der Waals surface area (Å²) in [5.41, 5.74) is 0.716. The maximum absolute atomic E-state index is 15.0. The van der Waals surface area contributed by atoms with Crippen LogP contribution in [0.5, 0.6) is 5.75 Å². The molecule has 3 saturated heterocycles. The fourth-order valence-electron chi connectivity index (χ4n) is 8.61. The number of ether oxygens (including phenoxy) is 1. The smallest absolute Gasteiger partial charge is 0.247 e. The first-order valence-electron chi connectivity index (χ1n) is 16.8. The monoisotopic (exact) mass is 637 g/mol. The van der Waals surface area contributed by atoms with E-state index in [1.165, 1.54) is 6.42 Å². The Labute approximate surface area is 273 Å². The Morgan fingerprint density at radius 3 is 2.33 bits per heavy atom. The first kappa shape index (κ1) is 33.6. The lowest BCUT2D eigenvalue weighted by Gasteiger charge is -2.43. The van der Waals surface area contributed by atoms with Gasteiger partial charge in [-0.2, -0.15) is 0 Å². The number of rotatable bonds is 13. The average molecular weight is 638 g/mol. The summed E-state index contributed by atoms with van der Waals surface area (Å²) in [5.74, 6) is -0.990. The number of thioether (sulfide) groups is 1. The Morgan fingerprint density at radius 1 is 1.09 bits per heavy atom. The molecule has 0 radical (unpaired) electrons. The van der Waals surface area contributed by atoms with E-state index in [0.29, 0.717) is 31.8 Å². The number of anilines is 1. The molecule has 2 unspecified atom stereocenters. The van der Waals surface area contributed by atoms with Crippen molar-refractivity contribution in [3.63, 3.8) is 0 Å². The average Bonchev–Trinajstić information content (AvgIpc) is 3.60. The van der Waals surface area contributed by atoms with Crippen molar-refractivity contribution in [3.8, 4) is 5.75 Å². The van der Waals surface area contributed by atoms with Gasteiger partial charge < -0.3 is 24.5 Å². The molecule has 8 nitrogen and oxygen atoms in total. The van der Waals surface area contributed by atoms with Crippen molar-refractivity contribution in [2.75, 3.05) is 31.2 Å². The standard InChI is InChI=1S/C36H51N3O5S/c1-7-21-37(26-15-17-27(18-16-26)44-9-3)32(41)29-30-33(42)39(28(23-40)24(4)5)31(36(30)20-19-35(29,6)45-36)34(43)38(22-8-2)25-13-11-10-12-14-25/h7-8,15-18,24-25,28-31,40H,1-2,9-14,19-23H2,3-6H3/t28-,29+,30-,31?,35-,36?/m0/s1. The van der Waals surface area contributed by atoms with Crippen LogP contribution in [0.1, 0.15) is 72.6 Å². The van der Waals surface area contributed by atoms with Gasteiger partial charge in [0.1, 0.15) is 11.8 Å². The van der Waals surface area contributed by atoms with Gasteiger partial charge in [0.2, 0.25) is 17.7 Å². The van der Waals surface area contributed by atoms with Crippen molar-refractivity contribution < 1.29 is 24.2 Å². The summed E-state index contributed by atoms with van der Waals surface area (Å²) >= 11 is 1.68. The number of aliphatic hydroxyl groups excluding tert-OH is 1. The van der Waals surface area contributed by atoms with Crippen molar-refractivity contribution in [1.82, 2.24) is 9.80 Å². The van der Waals surface area contributed by atoms with Crippen LogP contribution in [0.15, 0.2) is 49.6 Å². The molecule has 0 aromatic heterocycles. The molecule has 3 amide bonds. The number of likely N-dealkylation sites (tertiary alicyclic amines) is 1. The number of carbonyl (C=O) groups excluding carboxylic acids is 3. The summed E-state index contributed by atoms with van der Waals surface area (Å²) < 4.78 is 4.37. The number of benzene rings is 1. The summed E-state index contributed by atoms with van der Waals surface area (Å²) in [4.78, 5) is 50.0. The van der Waals surface area contributed by atoms with E-state index in [4.69, 9.17) is 4.74 Å². The van der Waals surface area contributed by atoms with Gasteiger partial charge in [-0.05, 0) is 69.7 Å². The Morgan fingerprint density at radius 2 is 1.76 bits per heavy atom. The van der Waals surface area contributed by atoms with Gasteiger partial charge in [0.05, 0.1) is 35.8 Å². The summed E-state index contributed by atoms with van der Waals surface area (Å²) in [7, 11) is 0. The minimum Gasteiger partial charge on any atom is -0.494 e. The Hall–Kier alpha value is -2.78. The zero-order chi connectivity index (χ0) is 32.5. The number of hydrogen-bond donors (Lipinski definition) is 1. The van der Waals surface area contributed by atoms with Crippen LogP contribution in [0.3, 0.4) is 0 Å². The minimum atomic E-state index is -0.752. The lowest BCUT2D eigenvalue weighted by Crippen LogP contribution is -2.60. The van der Waals surface area contributed by atoms with E-state index in [-0.39, 0.29) is 36.3 Å². The Kier molecular flexibility index (Phi) is 10.1. The third-order valence-electron chi connectivity index (χ3n) is 10.7. The molecule has 1 aromatic carbocycles. The van der Waals surface area contributed by atoms with E-state index in [1.807, 2.05) is 49.9 Å². The first-order valence-corrected chi connectivity index (χ1v) is 17.6. The molecule has 6 atom stereocenters. The van der Waals surface area contributed by atoms with Crippen LogP contribution < -0.4 is 9.64 Å². The van der Waals surface area contributed by atoms with Crippen molar-refractivity contribution in [2.45, 2.75) is 100 Å². The topological polar surface area (TPSA) is 90.4 Å². The van der Waals surface area contributed by atoms with E-state index >= 15 is 0 Å². The number of carbonyl (C=O) groups is 3. The molecule has 5 rings (SSSR count). The van der Waals surface area contributed by atoms with Gasteiger partial charge in [0, 0.05) is 29.6 Å². The molecule has 9 heteroatoms. The normalized spacial score (nSPS) is 29.9. The lowest BCUT2D eigenvalue weighted by molar-refractivity contribution is -0.148. The van der Waals surface area contributed by atoms with E-state index in [2.05, 4.69) is 20.1 Å². The fourth-order valence-corrected chi connectivity index (χ4v) is 10.9. The van der Waals surface area contributed by atoms with Crippen LogP contribution in [0, 0.1) is 17.8 Å². The second kappa shape index (κ2) is 13.5. The molecular weight excluding hydrogens is 586 g/mol. The molecule has 1 saturated carbocycles. The second-order valence-corrected chi connectivity index (χ2v) is 15.6. The molecule has 1 aliphatic carbocycles. The molecule has 246 valence electrons. The maximum Gasteiger partial charge on any atom is 0.247 e. The molecule has 1 spiro atoms. The van der Waals surface area contributed by atoms with Crippen molar-refractivity contribution in [1.29, 1.82) is 0 Å². The zero-order valence-corrected chi connectivity index (χ0v) is 28.3. The molecule has 1 aromatic rings. The summed E-state index contributed by atoms with van der Waals surface area (Å²) in [6.45, 7) is 16.9. The predicted molar refractivity (Wildman–Crippen MR) is 180 cm³/mol. The molecule has 4 aliphatic rings. The third-order valence-corrected chi connectivity index (χ3v) is 12.7. The lowest BCUT2D eigenvalue weighted by atomic mass is 9.66. The Balaban J connectivity index is 1.58. The van der Waals surface area contributed by atoms with Crippen LogP contribution in [0.4, 0.5) is 5.69 Å². The molecular formula is C36H51N3O5S. The molecule has 4 fully saturated rings. The van der Waals surface area contributed by atoms with E-state index < -0.39 is 33.4 Å². The number of amides is 3. The van der Waals surface area contributed by atoms with Gasteiger partial charge in [0.15, 0.2) is 0 Å². The highest BCUT2D eigenvalue weighted by atomic mass is 32.2. The zero-order valence-electron chi connectivity index (χ0n) is 27.5. The molecule has 1 N–H and O–H groups in total. The predicted octanol–water partition coefficient (Wildman–Crippen LogP) is 5.45. The van der Waals surface area contributed by atoms with Crippen LogP contribution in [0.25, 0.3) is 0 Å². The summed E-state index contributed by atoms with van der Waals surface area (Å²) in [6, 6.07) is 6.28. The maximum atomic E-state index is 15.0. The van der Waals surface area contributed by atoms with Crippen LogP contribution in [-0.2, 0) is 14.4 Å². The van der Waals surface area contributed by atoms with Gasteiger partial charge in [0.25, 0.3) is 0 Å². The number of aliphatic hydroxyl groups is 1. The van der Waals surface area contributed by atoms with Crippen LogP contribution in [-0.4, -0.2) is 86.6 Å². The fraction of sp³-hybridized carbons (Fsp3) is 0.639. The van der Waals surface area contributed by atoms with E-state index in [0.717, 1.165) is 37.9 Å². The Bertz CT molecular complexity index is 1280. The van der Waals surface area contributed by atoms with Crippen LogP contribution >= 0.6 is 11.8 Å².